The van der Waals surface area contributed by atoms with Crippen LogP contribution in [0.1, 0.15) is 34.9 Å². The number of hydrogen-bond donors (Lipinski definition) is 2. The standard InChI is InChI=1S/C21H26N4O4/c1-24-11-5-6-17(24)18(25-12-3-4-13-25)14-22-19(26)20(27)23-16-9-7-15(8-10-16)21(28)29-2/h5-11,18H,3-4,12-14H2,1-2H3,(H,22,26)(H,23,27)/t18-/m0/s1. The second kappa shape index (κ2) is 9.38. The lowest BCUT2D eigenvalue weighted by Crippen LogP contribution is -2.41. The Balaban J connectivity index is 1.58. The zero-order valence-corrected chi connectivity index (χ0v) is 16.7. The molecule has 2 aromatic rings. The number of esters is 1. The summed E-state index contributed by atoms with van der Waals surface area (Å²) < 4.78 is 6.67. The van der Waals surface area contributed by atoms with Gasteiger partial charge in [-0.1, -0.05) is 0 Å². The minimum Gasteiger partial charge on any atom is -0.465 e. The van der Waals surface area contributed by atoms with E-state index in [9.17, 15) is 14.4 Å². The fourth-order valence-electron chi connectivity index (χ4n) is 3.56. The molecule has 1 aliphatic rings. The van der Waals surface area contributed by atoms with Gasteiger partial charge in [0.15, 0.2) is 0 Å². The molecule has 1 aromatic heterocycles. The van der Waals surface area contributed by atoms with E-state index >= 15 is 0 Å². The summed E-state index contributed by atoms with van der Waals surface area (Å²) in [6, 6.07) is 10.2. The van der Waals surface area contributed by atoms with Crippen LogP contribution < -0.4 is 10.6 Å². The molecule has 8 nitrogen and oxygen atoms in total. The van der Waals surface area contributed by atoms with Crippen LogP contribution >= 0.6 is 0 Å². The third-order valence-electron chi connectivity index (χ3n) is 5.13. The first-order valence-electron chi connectivity index (χ1n) is 9.62. The first-order chi connectivity index (χ1) is 14.0. The van der Waals surface area contributed by atoms with Crippen molar-refractivity contribution in [1.29, 1.82) is 0 Å². The molecule has 1 fully saturated rings. The van der Waals surface area contributed by atoms with Gasteiger partial charge in [0, 0.05) is 31.2 Å². The molecule has 1 aliphatic heterocycles. The van der Waals surface area contributed by atoms with Crippen LogP contribution in [0.25, 0.3) is 0 Å². The predicted molar refractivity (Wildman–Crippen MR) is 108 cm³/mol. The maximum absolute atomic E-state index is 12.3. The van der Waals surface area contributed by atoms with Gasteiger partial charge in [-0.2, -0.15) is 0 Å². The highest BCUT2D eigenvalue weighted by atomic mass is 16.5. The second-order valence-corrected chi connectivity index (χ2v) is 7.04. The number of anilines is 1. The van der Waals surface area contributed by atoms with Crippen molar-refractivity contribution in [2.24, 2.45) is 7.05 Å². The van der Waals surface area contributed by atoms with Crippen LogP contribution in [-0.2, 0) is 21.4 Å². The summed E-state index contributed by atoms with van der Waals surface area (Å²) in [5, 5.41) is 5.30. The largest absolute Gasteiger partial charge is 0.465 e. The van der Waals surface area contributed by atoms with Crippen LogP contribution in [0.4, 0.5) is 5.69 Å². The fraction of sp³-hybridized carbons (Fsp3) is 0.381. The molecule has 1 saturated heterocycles. The van der Waals surface area contributed by atoms with Crippen LogP contribution in [-0.4, -0.2) is 54.0 Å². The van der Waals surface area contributed by atoms with Gasteiger partial charge < -0.3 is 19.9 Å². The van der Waals surface area contributed by atoms with Gasteiger partial charge in [-0.25, -0.2) is 4.79 Å². The van der Waals surface area contributed by atoms with Crippen molar-refractivity contribution in [3.63, 3.8) is 0 Å². The maximum atomic E-state index is 12.3. The van der Waals surface area contributed by atoms with Gasteiger partial charge in [0.05, 0.1) is 18.7 Å². The third kappa shape index (κ3) is 5.03. The average Bonchev–Trinajstić information content (AvgIpc) is 3.40. The zero-order chi connectivity index (χ0) is 20.8. The van der Waals surface area contributed by atoms with Crippen LogP contribution in [0.15, 0.2) is 42.6 Å². The summed E-state index contributed by atoms with van der Waals surface area (Å²) in [7, 11) is 3.28. The van der Waals surface area contributed by atoms with Crippen LogP contribution in [0.3, 0.4) is 0 Å². The number of benzene rings is 1. The number of aryl methyl sites for hydroxylation is 1. The molecule has 8 heteroatoms. The number of hydrogen-bond acceptors (Lipinski definition) is 5. The van der Waals surface area contributed by atoms with Crippen molar-refractivity contribution >= 4 is 23.5 Å². The highest BCUT2D eigenvalue weighted by Gasteiger charge is 2.26. The lowest BCUT2D eigenvalue weighted by atomic mass is 10.1. The molecule has 0 bridgehead atoms. The number of rotatable bonds is 6. The molecule has 2 heterocycles. The molecule has 0 aliphatic carbocycles. The molecule has 3 rings (SSSR count). The van der Waals surface area contributed by atoms with Crippen molar-refractivity contribution in [2.75, 3.05) is 32.1 Å². The van der Waals surface area contributed by atoms with E-state index in [4.69, 9.17) is 0 Å². The molecule has 1 aromatic carbocycles. The smallest absolute Gasteiger partial charge is 0.337 e. The van der Waals surface area contributed by atoms with Crippen LogP contribution in [0.5, 0.6) is 0 Å². The fourth-order valence-corrected chi connectivity index (χ4v) is 3.56. The Morgan fingerprint density at radius 2 is 1.76 bits per heavy atom. The highest BCUT2D eigenvalue weighted by Crippen LogP contribution is 2.24. The molecule has 154 valence electrons. The van der Waals surface area contributed by atoms with Gasteiger partial charge in [0.1, 0.15) is 0 Å². The monoisotopic (exact) mass is 398 g/mol. The van der Waals surface area contributed by atoms with E-state index in [-0.39, 0.29) is 6.04 Å². The quantitative estimate of drug-likeness (QED) is 0.571. The van der Waals surface area contributed by atoms with E-state index < -0.39 is 17.8 Å². The summed E-state index contributed by atoms with van der Waals surface area (Å²) in [6.45, 7) is 2.31. The van der Waals surface area contributed by atoms with Crippen LogP contribution in [0, 0.1) is 0 Å². The van der Waals surface area contributed by atoms with Crippen molar-refractivity contribution in [3.8, 4) is 0 Å². The molecule has 0 radical (unpaired) electrons. The van der Waals surface area contributed by atoms with E-state index in [1.54, 1.807) is 12.1 Å². The minimum absolute atomic E-state index is 0.0218. The number of carbonyl (C=O) groups is 3. The van der Waals surface area contributed by atoms with Crippen LogP contribution in [0.2, 0.25) is 0 Å². The Morgan fingerprint density at radius 1 is 1.07 bits per heavy atom. The van der Waals surface area contributed by atoms with Gasteiger partial charge in [-0.15, -0.1) is 0 Å². The summed E-state index contributed by atoms with van der Waals surface area (Å²) in [4.78, 5) is 38.3. The Bertz CT molecular complexity index is 869. The lowest BCUT2D eigenvalue weighted by molar-refractivity contribution is -0.136. The van der Waals surface area contributed by atoms with E-state index in [1.807, 2.05) is 29.9 Å². The molecular weight excluding hydrogens is 372 g/mol. The molecule has 0 spiro atoms. The molecular formula is C21H26N4O4. The number of methoxy groups -OCH3 is 1. The highest BCUT2D eigenvalue weighted by molar-refractivity contribution is 6.39. The van der Waals surface area contributed by atoms with Crippen molar-refractivity contribution in [1.82, 2.24) is 14.8 Å². The average molecular weight is 398 g/mol. The topological polar surface area (TPSA) is 92.7 Å². The van der Waals surface area contributed by atoms with Gasteiger partial charge in [0.25, 0.3) is 0 Å². The normalized spacial score (nSPS) is 15.0. The van der Waals surface area contributed by atoms with Crippen molar-refractivity contribution in [2.45, 2.75) is 18.9 Å². The second-order valence-electron chi connectivity index (χ2n) is 7.04. The van der Waals surface area contributed by atoms with Crippen molar-refractivity contribution in [3.05, 3.63) is 53.9 Å². The Kier molecular flexibility index (Phi) is 6.66. The number of nitrogens with zero attached hydrogens (tertiary/aromatic N) is 2. The van der Waals surface area contributed by atoms with Gasteiger partial charge in [-0.3, -0.25) is 14.5 Å². The summed E-state index contributed by atoms with van der Waals surface area (Å²) in [5.74, 6) is -1.91. The van der Waals surface area contributed by atoms with Crippen molar-refractivity contribution < 1.29 is 19.1 Å². The molecule has 29 heavy (non-hydrogen) atoms. The number of nitrogens with one attached hydrogen (secondary N) is 2. The van der Waals surface area contributed by atoms with E-state index in [0.717, 1.165) is 31.6 Å². The number of carbonyl (C=O) groups excluding carboxylic acids is 3. The van der Waals surface area contributed by atoms with E-state index in [0.29, 0.717) is 17.8 Å². The van der Waals surface area contributed by atoms with E-state index in [2.05, 4.69) is 20.3 Å². The maximum Gasteiger partial charge on any atom is 0.337 e. The first kappa shape index (κ1) is 20.6. The molecule has 2 amide bonds. The number of ether oxygens (including phenoxy) is 1. The molecule has 0 saturated carbocycles. The third-order valence-corrected chi connectivity index (χ3v) is 5.13. The number of aromatic nitrogens is 1. The zero-order valence-electron chi connectivity index (χ0n) is 16.7. The Hall–Kier alpha value is -3.13. The number of likely N-dealkylation sites (tertiary alicyclic amines) is 1. The Labute approximate surface area is 169 Å². The predicted octanol–water partition coefficient (Wildman–Crippen LogP) is 1.70. The summed E-state index contributed by atoms with van der Waals surface area (Å²) in [6.07, 6.45) is 4.25. The molecule has 0 unspecified atom stereocenters. The van der Waals surface area contributed by atoms with Gasteiger partial charge >= 0.3 is 17.8 Å². The SMILES string of the molecule is COC(=O)c1ccc(NC(=O)C(=O)NC[C@@H](c2cccn2C)N2CCCC2)cc1. The Morgan fingerprint density at radius 3 is 2.34 bits per heavy atom. The summed E-state index contributed by atoms with van der Waals surface area (Å²) in [5.41, 5.74) is 1.90. The summed E-state index contributed by atoms with van der Waals surface area (Å²) >= 11 is 0. The molecule has 2 N–H and O–H groups in total. The molecule has 1 atom stereocenters. The number of amides is 2. The van der Waals surface area contributed by atoms with Gasteiger partial charge in [0.2, 0.25) is 0 Å². The minimum atomic E-state index is -0.747. The van der Waals surface area contributed by atoms with Gasteiger partial charge in [-0.05, 0) is 62.3 Å². The van der Waals surface area contributed by atoms with E-state index in [1.165, 1.54) is 19.2 Å². The first-order valence-corrected chi connectivity index (χ1v) is 9.62. The lowest BCUT2D eigenvalue weighted by Gasteiger charge is -2.28.